The molecule has 0 unspecified atom stereocenters. The van der Waals surface area contributed by atoms with Crippen molar-refractivity contribution in [2.45, 2.75) is 0 Å². The van der Waals surface area contributed by atoms with E-state index in [0.29, 0.717) is 0 Å². The lowest BCUT2D eigenvalue weighted by Crippen LogP contribution is -1.81. The van der Waals surface area contributed by atoms with Gasteiger partial charge in [-0.1, -0.05) is 0 Å². The van der Waals surface area contributed by atoms with Crippen LogP contribution in [0.4, 0.5) is 5.69 Å². The third kappa shape index (κ3) is 1.35. The lowest BCUT2D eigenvalue weighted by molar-refractivity contribution is 0.475. The zero-order chi connectivity index (χ0) is 6.69. The molecular weight excluding hydrogens is 114 g/mol. The lowest BCUT2D eigenvalue weighted by Gasteiger charge is -1.96. The van der Waals surface area contributed by atoms with Gasteiger partial charge in [0.15, 0.2) is 0 Å². The Hall–Kier alpha value is -1.18. The Morgan fingerprint density at radius 1 is 1.22 bits per heavy atom. The van der Waals surface area contributed by atoms with Crippen LogP contribution in [0.2, 0.25) is 0 Å². The SMILES string of the molecule is [CH2]Nc1ccc(O)cc1. The molecule has 1 radical (unpaired) electrons. The molecule has 0 saturated heterocycles. The van der Waals surface area contributed by atoms with Crippen molar-refractivity contribution in [2.24, 2.45) is 0 Å². The second-order valence-corrected chi connectivity index (χ2v) is 1.72. The van der Waals surface area contributed by atoms with Gasteiger partial charge >= 0.3 is 0 Å². The van der Waals surface area contributed by atoms with Gasteiger partial charge in [0.2, 0.25) is 0 Å². The van der Waals surface area contributed by atoms with Crippen LogP contribution in [0.15, 0.2) is 24.3 Å². The van der Waals surface area contributed by atoms with Crippen molar-refractivity contribution in [1.82, 2.24) is 0 Å². The molecule has 1 rings (SSSR count). The zero-order valence-electron chi connectivity index (χ0n) is 4.96. The van der Waals surface area contributed by atoms with E-state index in [1.54, 1.807) is 24.3 Å². The van der Waals surface area contributed by atoms with Gasteiger partial charge in [0.05, 0.1) is 0 Å². The van der Waals surface area contributed by atoms with Gasteiger partial charge in [-0.2, -0.15) is 0 Å². The van der Waals surface area contributed by atoms with Crippen molar-refractivity contribution in [3.05, 3.63) is 31.3 Å². The van der Waals surface area contributed by atoms with Gasteiger partial charge in [0.25, 0.3) is 0 Å². The Balaban J connectivity index is 2.88. The molecule has 0 spiro atoms. The minimum absolute atomic E-state index is 0.272. The smallest absolute Gasteiger partial charge is 0.115 e. The molecule has 0 atom stereocenters. The van der Waals surface area contributed by atoms with E-state index < -0.39 is 0 Å². The van der Waals surface area contributed by atoms with E-state index in [0.717, 1.165) is 5.69 Å². The van der Waals surface area contributed by atoms with Crippen molar-refractivity contribution < 1.29 is 5.11 Å². The van der Waals surface area contributed by atoms with Crippen molar-refractivity contribution in [3.63, 3.8) is 0 Å². The molecule has 2 heteroatoms. The van der Waals surface area contributed by atoms with Gasteiger partial charge in [-0.25, -0.2) is 0 Å². The summed E-state index contributed by atoms with van der Waals surface area (Å²) in [6.07, 6.45) is 0. The Morgan fingerprint density at radius 3 is 2.22 bits per heavy atom. The summed E-state index contributed by atoms with van der Waals surface area (Å²) in [5, 5.41) is 11.5. The summed E-state index contributed by atoms with van der Waals surface area (Å²) in [6.45, 7) is 0. The van der Waals surface area contributed by atoms with Crippen LogP contribution in [0.1, 0.15) is 0 Å². The van der Waals surface area contributed by atoms with Crippen LogP contribution < -0.4 is 5.32 Å². The zero-order valence-corrected chi connectivity index (χ0v) is 4.96. The monoisotopic (exact) mass is 122 g/mol. The molecule has 0 aliphatic heterocycles. The van der Waals surface area contributed by atoms with E-state index in [1.165, 1.54) is 0 Å². The van der Waals surface area contributed by atoms with Crippen LogP contribution in [0, 0.1) is 7.05 Å². The highest BCUT2D eigenvalue weighted by Gasteiger charge is 1.85. The van der Waals surface area contributed by atoms with Crippen LogP contribution in [0.3, 0.4) is 0 Å². The van der Waals surface area contributed by atoms with Crippen LogP contribution in [-0.4, -0.2) is 5.11 Å². The second-order valence-electron chi connectivity index (χ2n) is 1.72. The first kappa shape index (κ1) is 5.95. The number of benzene rings is 1. The summed E-state index contributed by atoms with van der Waals surface area (Å²) in [4.78, 5) is 0. The molecule has 9 heavy (non-hydrogen) atoms. The number of hydrogen-bond donors (Lipinski definition) is 2. The van der Waals surface area contributed by atoms with Gasteiger partial charge in [0.1, 0.15) is 5.75 Å². The maximum absolute atomic E-state index is 8.80. The first-order chi connectivity index (χ1) is 4.33. The van der Waals surface area contributed by atoms with E-state index in [9.17, 15) is 0 Å². The van der Waals surface area contributed by atoms with Gasteiger partial charge in [-0.05, 0) is 24.3 Å². The largest absolute Gasteiger partial charge is 0.508 e. The molecule has 2 nitrogen and oxygen atoms in total. The molecule has 1 aromatic rings. The Labute approximate surface area is 54.1 Å². The highest BCUT2D eigenvalue weighted by atomic mass is 16.3. The molecule has 0 saturated carbocycles. The normalized spacial score (nSPS) is 9.00. The predicted octanol–water partition coefficient (Wildman–Crippen LogP) is 1.60. The third-order valence-corrected chi connectivity index (χ3v) is 1.07. The molecule has 0 aliphatic rings. The van der Waals surface area contributed by atoms with Crippen LogP contribution >= 0.6 is 0 Å². The van der Waals surface area contributed by atoms with Crippen LogP contribution in [0.5, 0.6) is 5.75 Å². The summed E-state index contributed by atoms with van der Waals surface area (Å²) in [6, 6.07) is 6.71. The van der Waals surface area contributed by atoms with Crippen molar-refractivity contribution in [3.8, 4) is 5.75 Å². The minimum atomic E-state index is 0.272. The maximum Gasteiger partial charge on any atom is 0.115 e. The van der Waals surface area contributed by atoms with Gasteiger partial charge in [0, 0.05) is 12.7 Å². The standard InChI is InChI=1S/C7H8NO/c1-8-6-2-4-7(9)5-3-6/h2-5,8-9H,1H2. The molecule has 0 aliphatic carbocycles. The summed E-state index contributed by atoms with van der Waals surface area (Å²) in [5.41, 5.74) is 0.896. The number of hydrogen-bond acceptors (Lipinski definition) is 2. The van der Waals surface area contributed by atoms with E-state index in [4.69, 9.17) is 5.11 Å². The Kier molecular flexibility index (Phi) is 1.58. The van der Waals surface area contributed by atoms with Crippen LogP contribution in [0.25, 0.3) is 0 Å². The fourth-order valence-corrected chi connectivity index (χ4v) is 0.579. The van der Waals surface area contributed by atoms with Gasteiger partial charge in [-0.3, -0.25) is 0 Å². The van der Waals surface area contributed by atoms with E-state index in [2.05, 4.69) is 12.4 Å². The fraction of sp³-hybridized carbons (Fsp3) is 0. The van der Waals surface area contributed by atoms with E-state index in [1.807, 2.05) is 0 Å². The minimum Gasteiger partial charge on any atom is -0.508 e. The summed E-state index contributed by atoms with van der Waals surface area (Å²) in [5.74, 6) is 0.272. The predicted molar refractivity (Wildman–Crippen MR) is 37.1 cm³/mol. The number of anilines is 1. The molecule has 47 valence electrons. The van der Waals surface area contributed by atoms with Crippen molar-refractivity contribution in [1.29, 1.82) is 0 Å². The number of nitrogens with one attached hydrogen (secondary N) is 1. The molecule has 0 heterocycles. The number of aromatic hydroxyl groups is 1. The average Bonchev–Trinajstić information content (AvgIpc) is 1.90. The van der Waals surface area contributed by atoms with Gasteiger partial charge < -0.3 is 10.4 Å². The van der Waals surface area contributed by atoms with Crippen molar-refractivity contribution >= 4 is 5.69 Å². The molecular formula is C7H8NO. The highest BCUT2D eigenvalue weighted by molar-refractivity contribution is 5.45. The second kappa shape index (κ2) is 2.40. The number of rotatable bonds is 1. The maximum atomic E-state index is 8.80. The van der Waals surface area contributed by atoms with Gasteiger partial charge in [-0.15, -0.1) is 0 Å². The summed E-state index contributed by atoms with van der Waals surface area (Å²) >= 11 is 0. The molecule has 0 aromatic heterocycles. The Morgan fingerprint density at radius 2 is 1.78 bits per heavy atom. The van der Waals surface area contributed by atoms with E-state index >= 15 is 0 Å². The van der Waals surface area contributed by atoms with Crippen LogP contribution in [-0.2, 0) is 0 Å². The third-order valence-electron chi connectivity index (χ3n) is 1.07. The molecule has 0 amide bonds. The first-order valence-corrected chi connectivity index (χ1v) is 2.65. The fourth-order valence-electron chi connectivity index (χ4n) is 0.579. The Bertz CT molecular complexity index is 181. The highest BCUT2D eigenvalue weighted by Crippen LogP contribution is 2.12. The molecule has 0 bridgehead atoms. The lowest BCUT2D eigenvalue weighted by atomic mass is 10.3. The quantitative estimate of drug-likeness (QED) is 0.554. The van der Waals surface area contributed by atoms with Crippen molar-refractivity contribution in [2.75, 3.05) is 5.32 Å². The van der Waals surface area contributed by atoms with E-state index in [-0.39, 0.29) is 5.75 Å². The first-order valence-electron chi connectivity index (χ1n) is 2.65. The average molecular weight is 122 g/mol. The molecule has 1 aromatic carbocycles. The molecule has 2 N–H and O–H groups in total. The topological polar surface area (TPSA) is 32.3 Å². The molecule has 0 fully saturated rings. The summed E-state index contributed by atoms with van der Waals surface area (Å²) < 4.78 is 0. The number of phenols is 1. The number of phenolic OH excluding ortho intramolecular Hbond substituents is 1. The summed E-state index contributed by atoms with van der Waals surface area (Å²) in [7, 11) is 3.45.